The minimum atomic E-state index is -0.905. The van der Waals surface area contributed by atoms with Crippen LogP contribution in [0.4, 0.5) is 0 Å². The van der Waals surface area contributed by atoms with E-state index in [9.17, 15) is 4.79 Å². The van der Waals surface area contributed by atoms with Gasteiger partial charge in [0.15, 0.2) is 0 Å². The first-order valence-corrected chi connectivity index (χ1v) is 5.07. The maximum Gasteiger partial charge on any atom is 0.337 e. The van der Waals surface area contributed by atoms with E-state index in [1.807, 2.05) is 32.0 Å². The fraction of sp³-hybridized carbons (Fsp3) is 0.154. The maximum absolute atomic E-state index is 11.0. The van der Waals surface area contributed by atoms with Crippen molar-refractivity contribution in [1.82, 2.24) is 4.98 Å². The molecule has 0 amide bonds. The van der Waals surface area contributed by atoms with Crippen molar-refractivity contribution in [3.05, 3.63) is 47.3 Å². The summed E-state index contributed by atoms with van der Waals surface area (Å²) in [4.78, 5) is 13.9. The highest BCUT2D eigenvalue weighted by atomic mass is 16.4. The maximum atomic E-state index is 11.0. The van der Waals surface area contributed by atoms with Crippen molar-refractivity contribution in [2.24, 2.45) is 0 Å². The number of aromatic amines is 1. The molecule has 3 heteroatoms. The van der Waals surface area contributed by atoms with E-state index in [-0.39, 0.29) is 0 Å². The molecule has 1 aromatic carbocycles. The van der Waals surface area contributed by atoms with Crippen LogP contribution in [0, 0.1) is 13.8 Å². The van der Waals surface area contributed by atoms with E-state index in [1.54, 1.807) is 6.20 Å². The predicted molar refractivity (Wildman–Crippen MR) is 62.7 cm³/mol. The molecule has 0 aliphatic heterocycles. The summed E-state index contributed by atoms with van der Waals surface area (Å²) in [5, 5.41) is 9.06. The van der Waals surface area contributed by atoms with E-state index in [4.69, 9.17) is 5.11 Å². The van der Waals surface area contributed by atoms with Crippen molar-refractivity contribution < 1.29 is 9.90 Å². The number of hydrogen-bond donors (Lipinski definition) is 2. The summed E-state index contributed by atoms with van der Waals surface area (Å²) in [6.07, 6.45) is 3.24. The lowest BCUT2D eigenvalue weighted by molar-refractivity contribution is 0.0698. The van der Waals surface area contributed by atoms with Crippen LogP contribution in [0.1, 0.15) is 21.5 Å². The molecule has 1 heterocycles. The first-order valence-electron chi connectivity index (χ1n) is 5.07. The molecule has 0 radical (unpaired) electrons. The Morgan fingerprint density at radius 1 is 1.19 bits per heavy atom. The van der Waals surface area contributed by atoms with Gasteiger partial charge in [0, 0.05) is 18.0 Å². The van der Waals surface area contributed by atoms with Gasteiger partial charge in [0.25, 0.3) is 0 Å². The quantitative estimate of drug-likeness (QED) is 0.809. The van der Waals surface area contributed by atoms with Crippen molar-refractivity contribution >= 4 is 5.97 Å². The highest BCUT2D eigenvalue weighted by Gasteiger charge is 2.13. The zero-order chi connectivity index (χ0) is 11.7. The van der Waals surface area contributed by atoms with Gasteiger partial charge in [-0.25, -0.2) is 4.79 Å². The Balaban J connectivity index is 2.62. The molecule has 0 saturated heterocycles. The van der Waals surface area contributed by atoms with Gasteiger partial charge < -0.3 is 10.1 Å². The van der Waals surface area contributed by atoms with Crippen LogP contribution in [-0.2, 0) is 0 Å². The Morgan fingerprint density at radius 2 is 1.94 bits per heavy atom. The van der Waals surface area contributed by atoms with Crippen molar-refractivity contribution in [3.8, 4) is 11.1 Å². The number of hydrogen-bond acceptors (Lipinski definition) is 1. The number of aryl methyl sites for hydroxylation is 2. The molecule has 0 saturated carbocycles. The Labute approximate surface area is 93.7 Å². The van der Waals surface area contributed by atoms with Crippen LogP contribution in [0.2, 0.25) is 0 Å². The Morgan fingerprint density at radius 3 is 2.62 bits per heavy atom. The number of H-pyrrole nitrogens is 1. The van der Waals surface area contributed by atoms with E-state index in [1.165, 1.54) is 6.20 Å². The van der Waals surface area contributed by atoms with Gasteiger partial charge in [0.05, 0.1) is 5.56 Å². The molecule has 0 bridgehead atoms. The normalized spacial score (nSPS) is 10.4. The lowest BCUT2D eigenvalue weighted by Crippen LogP contribution is -1.97. The van der Waals surface area contributed by atoms with Crippen LogP contribution in [0.25, 0.3) is 11.1 Å². The lowest BCUT2D eigenvalue weighted by atomic mass is 9.98. The first-order chi connectivity index (χ1) is 7.59. The molecule has 2 rings (SSSR count). The molecule has 1 aromatic heterocycles. The van der Waals surface area contributed by atoms with Crippen molar-refractivity contribution in [2.45, 2.75) is 13.8 Å². The monoisotopic (exact) mass is 215 g/mol. The van der Waals surface area contributed by atoms with Gasteiger partial charge in [-0.05, 0) is 25.0 Å². The fourth-order valence-corrected chi connectivity index (χ4v) is 1.79. The van der Waals surface area contributed by atoms with Crippen LogP contribution in [0.15, 0.2) is 30.6 Å². The number of carbonyl (C=O) groups is 1. The summed E-state index contributed by atoms with van der Waals surface area (Å²) >= 11 is 0. The number of aromatic carboxylic acids is 1. The zero-order valence-electron chi connectivity index (χ0n) is 9.24. The van der Waals surface area contributed by atoms with Gasteiger partial charge >= 0.3 is 5.97 Å². The number of nitrogens with one attached hydrogen (secondary N) is 1. The Hall–Kier alpha value is -2.03. The highest BCUT2D eigenvalue weighted by molar-refractivity contribution is 5.96. The van der Waals surface area contributed by atoms with Gasteiger partial charge in [-0.3, -0.25) is 0 Å². The molecule has 16 heavy (non-hydrogen) atoms. The molecule has 3 nitrogen and oxygen atoms in total. The van der Waals surface area contributed by atoms with Gasteiger partial charge in [0.2, 0.25) is 0 Å². The zero-order valence-corrected chi connectivity index (χ0v) is 9.24. The topological polar surface area (TPSA) is 53.1 Å². The van der Waals surface area contributed by atoms with E-state index >= 15 is 0 Å². The second-order valence-corrected chi connectivity index (χ2v) is 3.91. The van der Waals surface area contributed by atoms with E-state index in [0.29, 0.717) is 5.56 Å². The average molecular weight is 215 g/mol. The summed E-state index contributed by atoms with van der Waals surface area (Å²) in [5.41, 5.74) is 4.23. The number of carboxylic acids is 1. The van der Waals surface area contributed by atoms with Crippen LogP contribution >= 0.6 is 0 Å². The molecule has 0 atom stereocenters. The Bertz CT molecular complexity index is 541. The molecule has 82 valence electrons. The minimum Gasteiger partial charge on any atom is -0.478 e. The van der Waals surface area contributed by atoms with Crippen LogP contribution in [0.3, 0.4) is 0 Å². The molecule has 0 fully saturated rings. The minimum absolute atomic E-state index is 0.314. The van der Waals surface area contributed by atoms with E-state index in [0.717, 1.165) is 22.3 Å². The Kier molecular flexibility index (Phi) is 2.52. The van der Waals surface area contributed by atoms with Gasteiger partial charge in [0.1, 0.15) is 0 Å². The molecule has 0 aliphatic rings. The van der Waals surface area contributed by atoms with Crippen LogP contribution < -0.4 is 0 Å². The highest BCUT2D eigenvalue weighted by Crippen LogP contribution is 2.27. The largest absolute Gasteiger partial charge is 0.478 e. The third-order valence-electron chi connectivity index (χ3n) is 2.66. The molecule has 0 spiro atoms. The summed E-state index contributed by atoms with van der Waals surface area (Å²) in [6.45, 7) is 3.98. The van der Waals surface area contributed by atoms with Crippen molar-refractivity contribution in [1.29, 1.82) is 0 Å². The third kappa shape index (κ3) is 1.72. The van der Waals surface area contributed by atoms with Crippen LogP contribution in [0.5, 0.6) is 0 Å². The second kappa shape index (κ2) is 3.85. The van der Waals surface area contributed by atoms with E-state index < -0.39 is 5.97 Å². The summed E-state index contributed by atoms with van der Waals surface area (Å²) in [7, 11) is 0. The SMILES string of the molecule is Cc1ccc(C)c(-c2c[nH]cc2C(=O)O)c1. The van der Waals surface area contributed by atoms with Crippen LogP contribution in [-0.4, -0.2) is 16.1 Å². The van der Waals surface area contributed by atoms with E-state index in [2.05, 4.69) is 4.98 Å². The van der Waals surface area contributed by atoms with Crippen molar-refractivity contribution in [3.63, 3.8) is 0 Å². The lowest BCUT2D eigenvalue weighted by Gasteiger charge is -2.06. The number of carboxylic acid groups (broad SMARTS) is 1. The van der Waals surface area contributed by atoms with Crippen molar-refractivity contribution in [2.75, 3.05) is 0 Å². The standard InChI is InChI=1S/C13H13NO2/c1-8-3-4-9(2)10(5-8)11-6-14-7-12(11)13(15)16/h3-7,14H,1-2H3,(H,15,16). The smallest absolute Gasteiger partial charge is 0.337 e. The molecule has 2 N–H and O–H groups in total. The van der Waals surface area contributed by atoms with Gasteiger partial charge in [-0.15, -0.1) is 0 Å². The first kappa shape index (κ1) is 10.5. The molecular weight excluding hydrogens is 202 g/mol. The average Bonchev–Trinajstić information content (AvgIpc) is 2.70. The van der Waals surface area contributed by atoms with Gasteiger partial charge in [-0.1, -0.05) is 23.8 Å². The number of aromatic nitrogens is 1. The molecule has 0 aliphatic carbocycles. The third-order valence-corrected chi connectivity index (χ3v) is 2.66. The molecule has 2 aromatic rings. The molecular formula is C13H13NO2. The predicted octanol–water partition coefficient (Wildman–Crippen LogP) is 3.00. The second-order valence-electron chi connectivity index (χ2n) is 3.91. The number of benzene rings is 1. The van der Waals surface area contributed by atoms with Gasteiger partial charge in [-0.2, -0.15) is 0 Å². The fourth-order valence-electron chi connectivity index (χ4n) is 1.79. The molecule has 0 unspecified atom stereocenters. The number of rotatable bonds is 2. The summed E-state index contributed by atoms with van der Waals surface area (Å²) < 4.78 is 0. The summed E-state index contributed by atoms with van der Waals surface area (Å²) in [5.74, 6) is -0.905. The summed E-state index contributed by atoms with van der Waals surface area (Å²) in [6, 6.07) is 6.03.